The van der Waals surface area contributed by atoms with Crippen molar-refractivity contribution in [3.8, 4) is 5.69 Å². The van der Waals surface area contributed by atoms with Gasteiger partial charge in [-0.25, -0.2) is 13.8 Å². The van der Waals surface area contributed by atoms with E-state index in [9.17, 15) is 23.3 Å². The minimum absolute atomic E-state index is 0.168. The number of halogens is 1. The van der Waals surface area contributed by atoms with Gasteiger partial charge in [-0.1, -0.05) is 41.9 Å². The van der Waals surface area contributed by atoms with E-state index in [4.69, 9.17) is 11.6 Å². The highest BCUT2D eigenvalue weighted by molar-refractivity contribution is 7.93. The van der Waals surface area contributed by atoms with Crippen LogP contribution in [0.3, 0.4) is 0 Å². The van der Waals surface area contributed by atoms with Gasteiger partial charge in [0.25, 0.3) is 21.6 Å². The van der Waals surface area contributed by atoms with Gasteiger partial charge in [-0.3, -0.25) is 19.2 Å². The monoisotopic (exact) mass is 565 g/mol. The molecule has 12 heteroatoms. The Labute approximate surface area is 230 Å². The van der Waals surface area contributed by atoms with Gasteiger partial charge in [0.15, 0.2) is 4.90 Å². The Kier molecular flexibility index (Phi) is 8.12. The zero-order valence-corrected chi connectivity index (χ0v) is 22.6. The molecule has 0 atom stereocenters. The number of nitro benzene ring substituents is 1. The van der Waals surface area contributed by atoms with Crippen molar-refractivity contribution in [1.82, 2.24) is 9.99 Å². The maximum Gasteiger partial charge on any atom is 0.289 e. The highest BCUT2D eigenvalue weighted by Crippen LogP contribution is 2.29. The Hall–Kier alpha value is -4.48. The highest BCUT2D eigenvalue weighted by Gasteiger charge is 2.33. The van der Waals surface area contributed by atoms with E-state index in [0.717, 1.165) is 39.1 Å². The molecule has 0 aliphatic rings. The normalized spacial score (nSPS) is 11.5. The van der Waals surface area contributed by atoms with Crippen molar-refractivity contribution in [2.24, 2.45) is 5.10 Å². The second-order valence-electron chi connectivity index (χ2n) is 8.50. The number of para-hydroxylation sites is 2. The molecule has 4 rings (SSSR count). The third-order valence-electron chi connectivity index (χ3n) is 5.91. The molecule has 0 spiro atoms. The molecule has 0 saturated carbocycles. The number of benzene rings is 3. The van der Waals surface area contributed by atoms with Crippen LogP contribution in [0.25, 0.3) is 5.69 Å². The first-order valence-electron chi connectivity index (χ1n) is 11.7. The highest BCUT2D eigenvalue weighted by atomic mass is 35.5. The number of carbonyl (C=O) groups excluding carboxylic acids is 1. The van der Waals surface area contributed by atoms with E-state index in [2.05, 4.69) is 10.5 Å². The molecular formula is C27H24ClN5O5S. The molecule has 3 aromatic carbocycles. The van der Waals surface area contributed by atoms with Crippen molar-refractivity contribution in [2.45, 2.75) is 18.7 Å². The molecule has 0 bridgehead atoms. The molecule has 0 unspecified atom stereocenters. The first-order valence-corrected chi connectivity index (χ1v) is 13.5. The lowest BCUT2D eigenvalue weighted by Crippen LogP contribution is -2.39. The number of nitrogens with one attached hydrogen (secondary N) is 1. The van der Waals surface area contributed by atoms with Gasteiger partial charge >= 0.3 is 0 Å². The third kappa shape index (κ3) is 6.00. The summed E-state index contributed by atoms with van der Waals surface area (Å²) in [5.41, 5.74) is 5.41. The fourth-order valence-corrected chi connectivity index (χ4v) is 5.81. The maximum atomic E-state index is 13.5. The van der Waals surface area contributed by atoms with Gasteiger partial charge in [0.05, 0.1) is 16.8 Å². The summed E-state index contributed by atoms with van der Waals surface area (Å²) in [5, 5.41) is 16.1. The van der Waals surface area contributed by atoms with Crippen LogP contribution in [0, 0.1) is 24.0 Å². The number of nitro groups is 1. The number of hydrazone groups is 1. The number of hydrogen-bond donors (Lipinski definition) is 1. The van der Waals surface area contributed by atoms with Crippen molar-refractivity contribution in [2.75, 3.05) is 10.8 Å². The van der Waals surface area contributed by atoms with Crippen LogP contribution < -0.4 is 9.73 Å². The van der Waals surface area contributed by atoms with Crippen LogP contribution in [-0.4, -0.2) is 36.6 Å². The molecule has 0 radical (unpaired) electrons. The summed E-state index contributed by atoms with van der Waals surface area (Å²) >= 11 is 6.00. The van der Waals surface area contributed by atoms with Crippen molar-refractivity contribution >= 4 is 45.1 Å². The van der Waals surface area contributed by atoms with Crippen LogP contribution in [0.15, 0.2) is 94.9 Å². The molecule has 1 amide bonds. The number of carbonyl (C=O) groups is 1. The van der Waals surface area contributed by atoms with Gasteiger partial charge in [-0.2, -0.15) is 5.10 Å². The van der Waals surface area contributed by atoms with Crippen molar-refractivity contribution in [1.29, 1.82) is 0 Å². The molecule has 0 aliphatic heterocycles. The molecule has 4 aromatic rings. The van der Waals surface area contributed by atoms with Crippen LogP contribution in [0.4, 0.5) is 11.4 Å². The van der Waals surface area contributed by atoms with Gasteiger partial charge in [0, 0.05) is 33.7 Å². The van der Waals surface area contributed by atoms with Crippen molar-refractivity contribution in [3.63, 3.8) is 0 Å². The van der Waals surface area contributed by atoms with Crippen molar-refractivity contribution in [3.05, 3.63) is 117 Å². The summed E-state index contributed by atoms with van der Waals surface area (Å²) in [6.45, 7) is 3.18. The van der Waals surface area contributed by atoms with Crippen LogP contribution in [0.5, 0.6) is 0 Å². The summed E-state index contributed by atoms with van der Waals surface area (Å²) in [7, 11) is -4.48. The fraction of sp³-hybridized carbons (Fsp3) is 0.111. The smallest absolute Gasteiger partial charge is 0.289 e. The molecule has 0 fully saturated rings. The van der Waals surface area contributed by atoms with Gasteiger partial charge in [0.1, 0.15) is 6.54 Å². The van der Waals surface area contributed by atoms with Gasteiger partial charge in [-0.15, -0.1) is 0 Å². The Bertz CT molecular complexity index is 1650. The zero-order chi connectivity index (χ0) is 28.2. The molecular weight excluding hydrogens is 542 g/mol. The maximum absolute atomic E-state index is 13.5. The van der Waals surface area contributed by atoms with E-state index in [0.29, 0.717) is 5.02 Å². The predicted octanol–water partition coefficient (Wildman–Crippen LogP) is 5.00. The average Bonchev–Trinajstić information content (AvgIpc) is 3.20. The number of rotatable bonds is 9. The first kappa shape index (κ1) is 27.6. The summed E-state index contributed by atoms with van der Waals surface area (Å²) in [6.07, 6.45) is 1.47. The lowest BCUT2D eigenvalue weighted by Gasteiger charge is -2.23. The lowest BCUT2D eigenvalue weighted by molar-refractivity contribution is -0.387. The summed E-state index contributed by atoms with van der Waals surface area (Å²) < 4.78 is 29.9. The first-order chi connectivity index (χ1) is 18.6. The van der Waals surface area contributed by atoms with Crippen LogP contribution in [0.2, 0.25) is 5.02 Å². The number of anilines is 1. The summed E-state index contributed by atoms with van der Waals surface area (Å²) in [4.78, 5) is 23.0. The van der Waals surface area contributed by atoms with E-state index in [-0.39, 0.29) is 5.69 Å². The Morgan fingerprint density at radius 2 is 1.69 bits per heavy atom. The average molecular weight is 566 g/mol. The van der Waals surface area contributed by atoms with Gasteiger partial charge in [0.2, 0.25) is 0 Å². The molecule has 0 saturated heterocycles. The zero-order valence-electron chi connectivity index (χ0n) is 21.0. The molecule has 1 N–H and O–H groups in total. The van der Waals surface area contributed by atoms with Crippen LogP contribution in [-0.2, 0) is 14.8 Å². The Morgan fingerprint density at radius 3 is 2.36 bits per heavy atom. The van der Waals surface area contributed by atoms with E-state index < -0.39 is 38.0 Å². The van der Waals surface area contributed by atoms with Gasteiger partial charge in [-0.05, 0) is 62.4 Å². The number of sulfonamides is 1. The van der Waals surface area contributed by atoms with E-state index in [1.54, 1.807) is 30.3 Å². The fourth-order valence-electron chi connectivity index (χ4n) is 4.10. The second kappa shape index (κ2) is 11.5. The van der Waals surface area contributed by atoms with E-state index >= 15 is 0 Å². The minimum Gasteiger partial charge on any atom is -0.318 e. The summed E-state index contributed by atoms with van der Waals surface area (Å²) in [6, 6.07) is 22.1. The largest absolute Gasteiger partial charge is 0.318 e. The lowest BCUT2D eigenvalue weighted by atomic mass is 10.2. The predicted molar refractivity (Wildman–Crippen MR) is 150 cm³/mol. The molecule has 1 heterocycles. The van der Waals surface area contributed by atoms with Crippen molar-refractivity contribution < 1.29 is 18.1 Å². The van der Waals surface area contributed by atoms with E-state index in [1.807, 2.05) is 36.6 Å². The number of hydrogen-bond acceptors (Lipinski definition) is 6. The van der Waals surface area contributed by atoms with Crippen LogP contribution >= 0.6 is 11.6 Å². The number of amides is 1. The molecule has 10 nitrogen and oxygen atoms in total. The minimum atomic E-state index is -4.48. The molecule has 1 aromatic heterocycles. The Morgan fingerprint density at radius 1 is 1.05 bits per heavy atom. The topological polar surface area (TPSA) is 127 Å². The van der Waals surface area contributed by atoms with Gasteiger partial charge < -0.3 is 4.57 Å². The second-order valence-corrected chi connectivity index (χ2v) is 10.8. The van der Waals surface area contributed by atoms with E-state index in [1.165, 1.54) is 30.5 Å². The van der Waals surface area contributed by atoms with Crippen LogP contribution in [0.1, 0.15) is 17.0 Å². The Balaban J connectivity index is 1.57. The quantitative estimate of drug-likeness (QED) is 0.173. The number of nitrogens with zero attached hydrogens (tertiary/aromatic N) is 4. The summed E-state index contributed by atoms with van der Waals surface area (Å²) in [5.74, 6) is -0.733. The number of aromatic nitrogens is 1. The molecule has 0 aliphatic carbocycles. The number of aryl methyl sites for hydroxylation is 1. The SMILES string of the molecule is Cc1cc(/C=N/NC(=O)CN(c2ccccc2)S(=O)(=O)c2ccccc2[N+](=O)[O-])c(C)n1-c1ccc(Cl)cc1. The molecule has 200 valence electrons. The standard InChI is InChI=1S/C27H24ClN5O5S/c1-19-16-21(20(2)32(19)24-14-12-22(28)13-15-24)17-29-30-27(34)18-31(23-8-4-3-5-9-23)39(37,38)26-11-7-6-10-25(26)33(35)36/h3-17H,18H2,1-2H3,(H,30,34)/b29-17+. The molecule has 39 heavy (non-hydrogen) atoms. The third-order valence-corrected chi connectivity index (χ3v) is 7.98.